The van der Waals surface area contributed by atoms with Gasteiger partial charge in [0.1, 0.15) is 23.4 Å². The lowest BCUT2D eigenvalue weighted by Gasteiger charge is -2.39. The highest BCUT2D eigenvalue weighted by Gasteiger charge is 2.73. The zero-order valence-corrected chi connectivity index (χ0v) is 15.6. The van der Waals surface area contributed by atoms with Crippen LogP contribution >= 0.6 is 0 Å². The third-order valence-electron chi connectivity index (χ3n) is 6.57. The van der Waals surface area contributed by atoms with Crippen molar-refractivity contribution in [1.82, 2.24) is 0 Å². The maximum Gasteiger partial charge on any atom is 0.334 e. The van der Waals surface area contributed by atoms with Gasteiger partial charge in [0.2, 0.25) is 0 Å². The Kier molecular flexibility index (Phi) is 3.93. The summed E-state index contributed by atoms with van der Waals surface area (Å²) in [7, 11) is 0. The van der Waals surface area contributed by atoms with E-state index in [2.05, 4.69) is 6.58 Å². The Hall–Kier alpha value is -1.96. The number of aliphatic hydroxyl groups is 2. The third-order valence-corrected chi connectivity index (χ3v) is 6.57. The first-order chi connectivity index (χ1) is 12.7. The lowest BCUT2D eigenvalue weighted by Crippen LogP contribution is -2.55. The fraction of sp³-hybridized carbons (Fsp3) is 0.600. The number of hydrogen-bond donors (Lipinski definition) is 2. The molecule has 3 fully saturated rings. The lowest BCUT2D eigenvalue weighted by atomic mass is 9.73. The summed E-state index contributed by atoms with van der Waals surface area (Å²) in [6.45, 7) is 9.23. The summed E-state index contributed by atoms with van der Waals surface area (Å²) in [5.41, 5.74) is -1.33. The predicted molar refractivity (Wildman–Crippen MR) is 93.3 cm³/mol. The summed E-state index contributed by atoms with van der Waals surface area (Å²) >= 11 is 0. The van der Waals surface area contributed by atoms with Crippen LogP contribution in [0.1, 0.15) is 27.2 Å². The molecule has 146 valence electrons. The van der Waals surface area contributed by atoms with Gasteiger partial charge in [-0.25, -0.2) is 9.59 Å². The highest BCUT2D eigenvalue weighted by molar-refractivity contribution is 5.92. The molecule has 7 heteroatoms. The Morgan fingerprint density at radius 3 is 2.74 bits per heavy atom. The number of ether oxygens (including phenoxy) is 3. The number of rotatable bonds is 2. The molecule has 4 rings (SSSR count). The van der Waals surface area contributed by atoms with Crippen molar-refractivity contribution in [2.75, 3.05) is 6.61 Å². The van der Waals surface area contributed by atoms with Crippen molar-refractivity contribution in [2.24, 2.45) is 11.8 Å². The van der Waals surface area contributed by atoms with E-state index in [1.54, 1.807) is 32.9 Å². The molecule has 0 aromatic carbocycles. The maximum absolute atomic E-state index is 12.4. The molecular weight excluding hydrogens is 352 g/mol. The Balaban J connectivity index is 1.80. The number of aliphatic hydroxyl groups excluding tert-OH is 1. The minimum absolute atomic E-state index is 0.162. The molecule has 4 aliphatic rings. The average molecular weight is 376 g/mol. The number of hydrogen-bond acceptors (Lipinski definition) is 7. The van der Waals surface area contributed by atoms with E-state index in [-0.39, 0.29) is 12.0 Å². The van der Waals surface area contributed by atoms with Gasteiger partial charge in [0.25, 0.3) is 0 Å². The van der Waals surface area contributed by atoms with Gasteiger partial charge in [0.15, 0.2) is 0 Å². The average Bonchev–Trinajstić information content (AvgIpc) is 3.26. The predicted octanol–water partition coefficient (Wildman–Crippen LogP) is 0.803. The summed E-state index contributed by atoms with van der Waals surface area (Å²) in [5.74, 6) is -2.54. The van der Waals surface area contributed by atoms with Crippen LogP contribution in [0.15, 0.2) is 35.5 Å². The molecule has 2 aliphatic heterocycles. The van der Waals surface area contributed by atoms with E-state index < -0.39 is 53.3 Å². The number of allylic oxidation sites excluding steroid dienone is 1. The van der Waals surface area contributed by atoms with Crippen LogP contribution in [-0.4, -0.2) is 58.3 Å². The minimum atomic E-state index is -1.60. The Morgan fingerprint density at radius 2 is 2.15 bits per heavy atom. The highest BCUT2D eigenvalue weighted by Crippen LogP contribution is 2.59. The summed E-state index contributed by atoms with van der Waals surface area (Å²) < 4.78 is 16.9. The zero-order chi connectivity index (χ0) is 19.7. The second-order valence-corrected chi connectivity index (χ2v) is 7.99. The summed E-state index contributed by atoms with van der Waals surface area (Å²) in [6, 6.07) is 0. The van der Waals surface area contributed by atoms with Crippen molar-refractivity contribution < 1.29 is 34.0 Å². The SMILES string of the molecule is C=C1C(=O)O[C@H]2[C@H]1[C@H](OC(=O)/C(C)=C/C)C[C@@]1(CO1)[C@@H]1[C@H](O)C=C(C)[C@]21O. The molecule has 7 atom stereocenters. The zero-order valence-electron chi connectivity index (χ0n) is 15.6. The molecule has 0 unspecified atom stereocenters. The molecular formula is C20H24O7. The van der Waals surface area contributed by atoms with Crippen LogP contribution in [0.3, 0.4) is 0 Å². The van der Waals surface area contributed by atoms with E-state index in [9.17, 15) is 19.8 Å². The molecule has 1 saturated carbocycles. The third kappa shape index (κ3) is 2.38. The Bertz CT molecular complexity index is 790. The van der Waals surface area contributed by atoms with Crippen molar-refractivity contribution in [3.8, 4) is 0 Å². The van der Waals surface area contributed by atoms with Gasteiger partial charge in [-0.15, -0.1) is 0 Å². The fourth-order valence-electron chi connectivity index (χ4n) is 4.92. The van der Waals surface area contributed by atoms with Crippen LogP contribution in [0.25, 0.3) is 0 Å². The molecule has 0 radical (unpaired) electrons. The van der Waals surface area contributed by atoms with Gasteiger partial charge in [0, 0.05) is 17.6 Å². The summed E-state index contributed by atoms with van der Waals surface area (Å²) in [5, 5.41) is 22.3. The van der Waals surface area contributed by atoms with Gasteiger partial charge >= 0.3 is 11.9 Å². The van der Waals surface area contributed by atoms with E-state index in [0.29, 0.717) is 17.8 Å². The number of fused-ring (bicyclic) bond motifs is 4. The second-order valence-electron chi connectivity index (χ2n) is 7.99. The monoisotopic (exact) mass is 376 g/mol. The smallest absolute Gasteiger partial charge is 0.334 e. The molecule has 27 heavy (non-hydrogen) atoms. The number of carbonyl (C=O) groups is 2. The maximum atomic E-state index is 12.4. The van der Waals surface area contributed by atoms with E-state index in [1.807, 2.05) is 0 Å². The van der Waals surface area contributed by atoms with Crippen molar-refractivity contribution in [2.45, 2.75) is 56.7 Å². The highest BCUT2D eigenvalue weighted by atomic mass is 16.6. The van der Waals surface area contributed by atoms with Crippen molar-refractivity contribution in [1.29, 1.82) is 0 Å². The van der Waals surface area contributed by atoms with Crippen molar-refractivity contribution in [3.63, 3.8) is 0 Å². The second kappa shape index (κ2) is 5.77. The number of esters is 2. The van der Waals surface area contributed by atoms with Crippen LogP contribution in [0.5, 0.6) is 0 Å². The van der Waals surface area contributed by atoms with Gasteiger partial charge in [-0.2, -0.15) is 0 Å². The van der Waals surface area contributed by atoms with Crippen molar-refractivity contribution >= 4 is 11.9 Å². The topological polar surface area (TPSA) is 106 Å². The summed E-state index contributed by atoms with van der Waals surface area (Å²) in [6.07, 6.45) is 0.770. The normalized spacial score (nSPS) is 45.7. The Morgan fingerprint density at radius 1 is 1.48 bits per heavy atom. The van der Waals surface area contributed by atoms with E-state index in [4.69, 9.17) is 14.2 Å². The van der Waals surface area contributed by atoms with Gasteiger partial charge in [-0.05, 0) is 26.3 Å². The van der Waals surface area contributed by atoms with Gasteiger partial charge in [-0.3, -0.25) is 0 Å². The molecule has 0 aromatic heterocycles. The standard InChI is InChI=1S/C20H24O7/c1-5-9(2)17(22)26-13-7-19(8-25-19)15-12(21)6-10(3)20(15,24)16-14(13)11(4)18(23)27-16/h5-6,12-16,21,24H,4,7-8H2,1-3H3/b9-5+/t12-,13-,14-,15+,16+,19-,20-/m1/s1. The molecule has 2 aliphatic carbocycles. The fourth-order valence-corrected chi connectivity index (χ4v) is 4.92. The first kappa shape index (κ1) is 18.4. The van der Waals surface area contributed by atoms with Crippen LogP contribution in [-0.2, 0) is 23.8 Å². The first-order valence-corrected chi connectivity index (χ1v) is 9.12. The molecule has 1 spiro atoms. The first-order valence-electron chi connectivity index (χ1n) is 9.12. The molecule has 7 nitrogen and oxygen atoms in total. The minimum Gasteiger partial charge on any atom is -0.458 e. The quantitative estimate of drug-likeness (QED) is 0.318. The number of epoxide rings is 1. The van der Waals surface area contributed by atoms with Gasteiger partial charge in [0.05, 0.1) is 24.5 Å². The largest absolute Gasteiger partial charge is 0.458 e. The molecule has 0 aromatic rings. The van der Waals surface area contributed by atoms with E-state index in [0.717, 1.165) is 0 Å². The number of carbonyl (C=O) groups excluding carboxylic acids is 2. The van der Waals surface area contributed by atoms with Crippen LogP contribution < -0.4 is 0 Å². The van der Waals surface area contributed by atoms with Gasteiger partial charge in [-0.1, -0.05) is 18.7 Å². The van der Waals surface area contributed by atoms with Crippen LogP contribution in [0.4, 0.5) is 0 Å². The summed E-state index contributed by atoms with van der Waals surface area (Å²) in [4.78, 5) is 24.7. The molecule has 0 amide bonds. The van der Waals surface area contributed by atoms with Crippen molar-refractivity contribution in [3.05, 3.63) is 35.5 Å². The lowest BCUT2D eigenvalue weighted by molar-refractivity contribution is -0.162. The molecule has 0 bridgehead atoms. The molecule has 2 saturated heterocycles. The van der Waals surface area contributed by atoms with Crippen LogP contribution in [0, 0.1) is 11.8 Å². The van der Waals surface area contributed by atoms with Crippen LogP contribution in [0.2, 0.25) is 0 Å². The molecule has 2 N–H and O–H groups in total. The molecule has 2 heterocycles. The Labute approximate surface area is 157 Å². The van der Waals surface area contributed by atoms with Gasteiger partial charge < -0.3 is 24.4 Å². The van der Waals surface area contributed by atoms with E-state index in [1.165, 1.54) is 0 Å². The van der Waals surface area contributed by atoms with E-state index >= 15 is 0 Å².